The van der Waals surface area contributed by atoms with Gasteiger partial charge in [0.1, 0.15) is 0 Å². The maximum absolute atomic E-state index is 11.1. The zero-order valence-electron chi connectivity index (χ0n) is 10.1. The van der Waals surface area contributed by atoms with Crippen LogP contribution in [-0.2, 0) is 14.3 Å². The fourth-order valence-corrected chi connectivity index (χ4v) is 1.32. The Balaban J connectivity index is 0.000000366. The van der Waals surface area contributed by atoms with E-state index in [0.717, 1.165) is 19.3 Å². The minimum atomic E-state index is -0.935. The van der Waals surface area contributed by atoms with E-state index >= 15 is 0 Å². The number of hydrogen-bond donors (Lipinski definition) is 2. The maximum atomic E-state index is 11.1. The first-order valence-corrected chi connectivity index (χ1v) is 5.65. The molecule has 0 spiro atoms. The molecular formula is C12H20O5. The third-order valence-electron chi connectivity index (χ3n) is 2.37. The predicted molar refractivity (Wildman–Crippen MR) is 62.5 cm³/mol. The highest BCUT2D eigenvalue weighted by Crippen LogP contribution is 2.17. The van der Waals surface area contributed by atoms with Gasteiger partial charge in [-0.05, 0) is 32.6 Å². The molecule has 0 radical (unpaired) electrons. The number of rotatable bonds is 3. The minimum Gasteiger partial charge on any atom is -0.478 e. The molecule has 1 saturated heterocycles. The molecule has 2 N–H and O–H groups in total. The normalized spacial score (nSPS) is 19.4. The Morgan fingerprint density at radius 3 is 2.59 bits per heavy atom. The van der Waals surface area contributed by atoms with Gasteiger partial charge in [0.2, 0.25) is 0 Å². The number of cyclic esters (lactones) is 1. The SMILES string of the molecule is C=C(C)C(=O)O.O=C1OCCCCC1CCO. The van der Waals surface area contributed by atoms with Crippen LogP contribution in [-0.4, -0.2) is 35.4 Å². The molecule has 17 heavy (non-hydrogen) atoms. The standard InChI is InChI=1S/C8H14O3.C4H6O2/c9-5-4-7-3-1-2-6-11-8(7)10;1-3(2)4(5)6/h7,9H,1-6H2;1H2,2H3,(H,5,6). The molecule has 1 heterocycles. The summed E-state index contributed by atoms with van der Waals surface area (Å²) in [5.74, 6) is -1.12. The van der Waals surface area contributed by atoms with Crippen molar-refractivity contribution >= 4 is 11.9 Å². The van der Waals surface area contributed by atoms with Crippen molar-refractivity contribution in [1.29, 1.82) is 0 Å². The molecule has 1 atom stereocenters. The number of aliphatic hydroxyl groups is 1. The lowest BCUT2D eigenvalue weighted by molar-refractivity contribution is -0.147. The molecule has 1 rings (SSSR count). The van der Waals surface area contributed by atoms with E-state index in [1.54, 1.807) is 0 Å². The molecule has 0 aromatic heterocycles. The van der Waals surface area contributed by atoms with E-state index < -0.39 is 5.97 Å². The second-order valence-electron chi connectivity index (χ2n) is 3.96. The van der Waals surface area contributed by atoms with Gasteiger partial charge in [0.25, 0.3) is 0 Å². The van der Waals surface area contributed by atoms with Crippen LogP contribution in [0.4, 0.5) is 0 Å². The Hall–Kier alpha value is -1.36. The summed E-state index contributed by atoms with van der Waals surface area (Å²) in [4.78, 5) is 20.7. The summed E-state index contributed by atoms with van der Waals surface area (Å²) in [6.45, 7) is 5.24. The molecule has 0 aromatic carbocycles. The molecule has 5 heteroatoms. The molecular weight excluding hydrogens is 224 g/mol. The van der Waals surface area contributed by atoms with Gasteiger partial charge < -0.3 is 14.9 Å². The van der Waals surface area contributed by atoms with Gasteiger partial charge in [0.05, 0.1) is 12.5 Å². The number of ether oxygens (including phenoxy) is 1. The lowest BCUT2D eigenvalue weighted by atomic mass is 10.0. The van der Waals surface area contributed by atoms with E-state index in [4.69, 9.17) is 14.9 Å². The number of aliphatic carboxylic acids is 1. The van der Waals surface area contributed by atoms with Crippen molar-refractivity contribution in [2.45, 2.75) is 32.6 Å². The molecule has 1 aliphatic rings. The van der Waals surface area contributed by atoms with Crippen molar-refractivity contribution in [1.82, 2.24) is 0 Å². The molecule has 1 fully saturated rings. The number of hydrogen-bond acceptors (Lipinski definition) is 4. The molecule has 0 amide bonds. The summed E-state index contributed by atoms with van der Waals surface area (Å²) in [7, 11) is 0. The summed E-state index contributed by atoms with van der Waals surface area (Å²) >= 11 is 0. The largest absolute Gasteiger partial charge is 0.478 e. The highest BCUT2D eigenvalue weighted by molar-refractivity contribution is 5.84. The Bertz CT molecular complexity index is 260. The van der Waals surface area contributed by atoms with Gasteiger partial charge in [-0.1, -0.05) is 6.58 Å². The highest BCUT2D eigenvalue weighted by atomic mass is 16.5. The van der Waals surface area contributed by atoms with Crippen molar-refractivity contribution in [2.75, 3.05) is 13.2 Å². The average Bonchev–Trinajstić information content (AvgIpc) is 2.46. The van der Waals surface area contributed by atoms with Crippen LogP contribution in [0.25, 0.3) is 0 Å². The maximum Gasteiger partial charge on any atom is 0.330 e. The summed E-state index contributed by atoms with van der Waals surface area (Å²) < 4.78 is 4.92. The first-order chi connectivity index (χ1) is 7.99. The lowest BCUT2D eigenvalue weighted by Gasteiger charge is -2.08. The monoisotopic (exact) mass is 244 g/mol. The quantitative estimate of drug-likeness (QED) is 0.578. The van der Waals surface area contributed by atoms with E-state index in [-0.39, 0.29) is 24.1 Å². The van der Waals surface area contributed by atoms with Crippen LogP contribution in [0.15, 0.2) is 12.2 Å². The van der Waals surface area contributed by atoms with E-state index in [0.29, 0.717) is 13.0 Å². The van der Waals surface area contributed by atoms with Gasteiger partial charge in [0, 0.05) is 12.2 Å². The highest BCUT2D eigenvalue weighted by Gasteiger charge is 2.21. The third-order valence-corrected chi connectivity index (χ3v) is 2.37. The summed E-state index contributed by atoms with van der Waals surface area (Å²) in [6.07, 6.45) is 3.43. The number of esters is 1. The van der Waals surface area contributed by atoms with Gasteiger partial charge in [-0.2, -0.15) is 0 Å². The van der Waals surface area contributed by atoms with Crippen LogP contribution in [0.3, 0.4) is 0 Å². The van der Waals surface area contributed by atoms with Crippen LogP contribution in [0.2, 0.25) is 0 Å². The lowest BCUT2D eigenvalue weighted by Crippen LogP contribution is -2.16. The van der Waals surface area contributed by atoms with Crippen LogP contribution in [0.1, 0.15) is 32.6 Å². The number of carboxylic acid groups (broad SMARTS) is 1. The first kappa shape index (κ1) is 15.6. The zero-order valence-corrected chi connectivity index (χ0v) is 10.1. The second kappa shape index (κ2) is 8.75. The van der Waals surface area contributed by atoms with Crippen molar-refractivity contribution < 1.29 is 24.5 Å². The van der Waals surface area contributed by atoms with E-state index in [2.05, 4.69) is 6.58 Å². The van der Waals surface area contributed by atoms with Crippen LogP contribution < -0.4 is 0 Å². The van der Waals surface area contributed by atoms with Crippen LogP contribution in [0, 0.1) is 5.92 Å². The molecule has 1 unspecified atom stereocenters. The van der Waals surface area contributed by atoms with E-state index in [1.165, 1.54) is 6.92 Å². The number of aliphatic hydroxyl groups excluding tert-OH is 1. The Morgan fingerprint density at radius 2 is 2.12 bits per heavy atom. The molecule has 98 valence electrons. The van der Waals surface area contributed by atoms with Crippen molar-refractivity contribution in [3.8, 4) is 0 Å². The topological polar surface area (TPSA) is 83.8 Å². The number of carbonyl (C=O) groups excluding carboxylic acids is 1. The van der Waals surface area contributed by atoms with Crippen LogP contribution in [0.5, 0.6) is 0 Å². The fraction of sp³-hybridized carbons (Fsp3) is 0.667. The van der Waals surface area contributed by atoms with Gasteiger partial charge >= 0.3 is 11.9 Å². The second-order valence-corrected chi connectivity index (χ2v) is 3.96. The third kappa shape index (κ3) is 7.52. The summed E-state index contributed by atoms with van der Waals surface area (Å²) in [6, 6.07) is 0. The predicted octanol–water partition coefficient (Wildman–Crippen LogP) is 1.36. The van der Waals surface area contributed by atoms with Crippen molar-refractivity contribution in [3.63, 3.8) is 0 Å². The van der Waals surface area contributed by atoms with Gasteiger partial charge in [0.15, 0.2) is 0 Å². The summed E-state index contributed by atoms with van der Waals surface area (Å²) in [5, 5.41) is 16.5. The molecule has 0 saturated carbocycles. The average molecular weight is 244 g/mol. The smallest absolute Gasteiger partial charge is 0.330 e. The molecule has 0 bridgehead atoms. The Morgan fingerprint density at radius 1 is 1.53 bits per heavy atom. The Kier molecular flexibility index (Phi) is 8.05. The summed E-state index contributed by atoms with van der Waals surface area (Å²) in [5.41, 5.74) is 0.176. The molecule has 0 aliphatic carbocycles. The fourth-order valence-electron chi connectivity index (χ4n) is 1.32. The molecule has 5 nitrogen and oxygen atoms in total. The van der Waals surface area contributed by atoms with Gasteiger partial charge in [-0.15, -0.1) is 0 Å². The number of carbonyl (C=O) groups is 2. The Labute approximate surface area is 101 Å². The molecule has 1 aliphatic heterocycles. The minimum absolute atomic E-state index is 0.0532. The van der Waals surface area contributed by atoms with Gasteiger partial charge in [-0.25, -0.2) is 4.79 Å². The first-order valence-electron chi connectivity index (χ1n) is 5.65. The zero-order chi connectivity index (χ0) is 13.3. The van der Waals surface area contributed by atoms with Crippen molar-refractivity contribution in [3.05, 3.63) is 12.2 Å². The number of carboxylic acids is 1. The van der Waals surface area contributed by atoms with Crippen molar-refractivity contribution in [2.24, 2.45) is 5.92 Å². The van der Waals surface area contributed by atoms with E-state index in [9.17, 15) is 9.59 Å². The van der Waals surface area contributed by atoms with E-state index in [1.807, 2.05) is 0 Å². The van der Waals surface area contributed by atoms with Gasteiger partial charge in [-0.3, -0.25) is 4.79 Å². The van der Waals surface area contributed by atoms with Crippen LogP contribution >= 0.6 is 0 Å². The molecule has 0 aromatic rings.